The molecule has 1 aromatic rings. The number of hydrogen-bond donors (Lipinski definition) is 1. The van der Waals surface area contributed by atoms with Gasteiger partial charge in [0, 0.05) is 16.1 Å². The molecule has 0 aliphatic rings. The Balaban J connectivity index is 3.02. The van der Waals surface area contributed by atoms with Gasteiger partial charge >= 0.3 is 0 Å². The second-order valence-electron chi connectivity index (χ2n) is 5.65. The number of nitrogens with zero attached hydrogens (tertiary/aromatic N) is 1. The molecule has 2 unspecified atom stereocenters. The summed E-state index contributed by atoms with van der Waals surface area (Å²) < 4.78 is 6.53. The maximum Gasteiger partial charge on any atom is 0.122 e. The molecule has 2 N–H and O–H groups in total. The van der Waals surface area contributed by atoms with Gasteiger partial charge in [0.05, 0.1) is 7.11 Å². The van der Waals surface area contributed by atoms with E-state index in [1.807, 2.05) is 12.1 Å². The monoisotopic (exact) mass is 356 g/mol. The van der Waals surface area contributed by atoms with E-state index in [4.69, 9.17) is 10.5 Å². The molecule has 4 heteroatoms. The van der Waals surface area contributed by atoms with Crippen LogP contribution in [0.3, 0.4) is 0 Å². The average molecular weight is 357 g/mol. The van der Waals surface area contributed by atoms with Gasteiger partial charge < -0.3 is 10.5 Å². The van der Waals surface area contributed by atoms with E-state index in [-0.39, 0.29) is 11.6 Å². The molecule has 3 nitrogen and oxygen atoms in total. The van der Waals surface area contributed by atoms with Crippen molar-refractivity contribution in [3.05, 3.63) is 28.2 Å². The van der Waals surface area contributed by atoms with Crippen molar-refractivity contribution in [2.24, 2.45) is 5.73 Å². The van der Waals surface area contributed by atoms with Gasteiger partial charge in [0.2, 0.25) is 0 Å². The highest BCUT2D eigenvalue weighted by Gasteiger charge is 2.35. The normalized spacial score (nSPS) is 15.8. The lowest BCUT2D eigenvalue weighted by molar-refractivity contribution is 0.0843. The first-order valence-electron chi connectivity index (χ1n) is 7.75. The Morgan fingerprint density at radius 1 is 1.29 bits per heavy atom. The maximum absolute atomic E-state index is 6.61. The molecule has 0 heterocycles. The minimum absolute atomic E-state index is 0.00315. The summed E-state index contributed by atoms with van der Waals surface area (Å²) >= 11 is 3.53. The van der Waals surface area contributed by atoms with E-state index in [0.717, 1.165) is 41.7 Å². The molecule has 0 aliphatic heterocycles. The van der Waals surface area contributed by atoms with Gasteiger partial charge in [-0.25, -0.2) is 0 Å². The number of rotatable bonds is 8. The molecule has 0 aromatic heterocycles. The zero-order valence-corrected chi connectivity index (χ0v) is 15.5. The fourth-order valence-corrected chi connectivity index (χ4v) is 3.44. The van der Waals surface area contributed by atoms with E-state index in [9.17, 15) is 0 Å². The summed E-state index contributed by atoms with van der Waals surface area (Å²) in [5.41, 5.74) is 7.76. The molecule has 0 aliphatic carbocycles. The van der Waals surface area contributed by atoms with Crippen molar-refractivity contribution >= 4 is 15.9 Å². The van der Waals surface area contributed by atoms with Gasteiger partial charge in [-0.05, 0) is 56.6 Å². The Labute approximate surface area is 138 Å². The zero-order valence-electron chi connectivity index (χ0n) is 13.9. The van der Waals surface area contributed by atoms with Gasteiger partial charge in [-0.3, -0.25) is 4.90 Å². The van der Waals surface area contributed by atoms with E-state index in [1.54, 1.807) is 7.11 Å². The molecule has 1 aromatic carbocycles. The predicted octanol–water partition coefficient (Wildman–Crippen LogP) is 3.84. The SMILES string of the molecule is CCN(CC)C(C)(CC)C(N)Cc1cc(Br)ccc1OC. The van der Waals surface area contributed by atoms with Crippen LogP contribution in [0.1, 0.15) is 39.7 Å². The van der Waals surface area contributed by atoms with E-state index < -0.39 is 0 Å². The highest BCUT2D eigenvalue weighted by molar-refractivity contribution is 9.10. The first-order valence-corrected chi connectivity index (χ1v) is 8.55. The first-order chi connectivity index (χ1) is 9.92. The van der Waals surface area contributed by atoms with Crippen molar-refractivity contribution in [2.45, 2.75) is 52.1 Å². The Bertz CT molecular complexity index is 448. The summed E-state index contributed by atoms with van der Waals surface area (Å²) in [7, 11) is 1.71. The van der Waals surface area contributed by atoms with Crippen LogP contribution in [0.4, 0.5) is 0 Å². The van der Waals surface area contributed by atoms with Crippen LogP contribution >= 0.6 is 15.9 Å². The maximum atomic E-state index is 6.61. The van der Waals surface area contributed by atoms with Crippen LogP contribution < -0.4 is 10.5 Å². The molecular weight excluding hydrogens is 328 g/mol. The lowest BCUT2D eigenvalue weighted by atomic mass is 9.84. The lowest BCUT2D eigenvalue weighted by Crippen LogP contribution is -2.58. The van der Waals surface area contributed by atoms with Crippen molar-refractivity contribution in [3.63, 3.8) is 0 Å². The highest BCUT2D eigenvalue weighted by Crippen LogP contribution is 2.29. The smallest absolute Gasteiger partial charge is 0.122 e. The van der Waals surface area contributed by atoms with E-state index >= 15 is 0 Å². The number of benzene rings is 1. The summed E-state index contributed by atoms with van der Waals surface area (Å²) in [4.78, 5) is 2.46. The van der Waals surface area contributed by atoms with Gasteiger partial charge in [0.25, 0.3) is 0 Å². The number of likely N-dealkylation sites (N-methyl/N-ethyl adjacent to an activating group) is 1. The molecule has 1 rings (SSSR count). The molecule has 0 fully saturated rings. The van der Waals surface area contributed by atoms with E-state index in [2.05, 4.69) is 54.6 Å². The highest BCUT2D eigenvalue weighted by atomic mass is 79.9. The van der Waals surface area contributed by atoms with E-state index in [0.29, 0.717) is 0 Å². The minimum atomic E-state index is -0.00315. The topological polar surface area (TPSA) is 38.5 Å². The summed E-state index contributed by atoms with van der Waals surface area (Å²) in [5.74, 6) is 0.909. The first kappa shape index (κ1) is 18.5. The minimum Gasteiger partial charge on any atom is -0.496 e. The summed E-state index contributed by atoms with van der Waals surface area (Å²) in [5, 5.41) is 0. The van der Waals surface area contributed by atoms with Gasteiger partial charge in [0.15, 0.2) is 0 Å². The van der Waals surface area contributed by atoms with Crippen molar-refractivity contribution in [2.75, 3.05) is 20.2 Å². The average Bonchev–Trinajstić information content (AvgIpc) is 2.48. The molecule has 0 bridgehead atoms. The van der Waals surface area contributed by atoms with Crippen molar-refractivity contribution in [1.29, 1.82) is 0 Å². The van der Waals surface area contributed by atoms with Crippen LogP contribution in [0, 0.1) is 0 Å². The fraction of sp³-hybridized carbons (Fsp3) is 0.647. The Kier molecular flexibility index (Phi) is 7.17. The number of halogens is 1. The second-order valence-corrected chi connectivity index (χ2v) is 6.57. The molecule has 0 saturated carbocycles. The summed E-state index contributed by atoms with van der Waals surface area (Å²) in [6.07, 6.45) is 1.84. The van der Waals surface area contributed by atoms with Crippen LogP contribution in [0.25, 0.3) is 0 Å². The molecule has 0 spiro atoms. The number of hydrogen-bond acceptors (Lipinski definition) is 3. The zero-order chi connectivity index (χ0) is 16.0. The second kappa shape index (κ2) is 8.16. The number of nitrogens with two attached hydrogens (primary N) is 1. The standard InChI is InChI=1S/C17H29BrN2O/c1-6-17(4,20(7-2)8-3)16(19)12-13-11-14(18)9-10-15(13)21-5/h9-11,16H,6-8,12,19H2,1-5H3. The van der Waals surface area contributed by atoms with Crippen LogP contribution in [-0.4, -0.2) is 36.7 Å². The Morgan fingerprint density at radius 3 is 2.38 bits per heavy atom. The molecule has 21 heavy (non-hydrogen) atoms. The quantitative estimate of drug-likeness (QED) is 0.768. The summed E-state index contributed by atoms with van der Waals surface area (Å²) in [6.45, 7) is 10.9. The van der Waals surface area contributed by atoms with Crippen LogP contribution in [-0.2, 0) is 6.42 Å². The van der Waals surface area contributed by atoms with Gasteiger partial charge in [-0.1, -0.05) is 36.7 Å². The lowest BCUT2D eigenvalue weighted by Gasteiger charge is -2.44. The van der Waals surface area contributed by atoms with Crippen molar-refractivity contribution in [1.82, 2.24) is 4.90 Å². The van der Waals surface area contributed by atoms with Gasteiger partial charge in [0.1, 0.15) is 5.75 Å². The molecule has 120 valence electrons. The molecule has 0 amide bonds. The largest absolute Gasteiger partial charge is 0.496 e. The van der Waals surface area contributed by atoms with Crippen LogP contribution in [0.2, 0.25) is 0 Å². The fourth-order valence-electron chi connectivity index (χ4n) is 3.03. The Hall–Kier alpha value is -0.580. The third kappa shape index (κ3) is 4.21. The van der Waals surface area contributed by atoms with Crippen LogP contribution in [0.5, 0.6) is 5.75 Å². The predicted molar refractivity (Wildman–Crippen MR) is 94.0 cm³/mol. The molecule has 0 saturated heterocycles. The molecule has 2 atom stereocenters. The summed E-state index contributed by atoms with van der Waals surface area (Å²) in [6, 6.07) is 6.16. The van der Waals surface area contributed by atoms with Gasteiger partial charge in [-0.15, -0.1) is 0 Å². The number of methoxy groups -OCH3 is 1. The van der Waals surface area contributed by atoms with Crippen molar-refractivity contribution in [3.8, 4) is 5.75 Å². The Morgan fingerprint density at radius 2 is 1.90 bits per heavy atom. The third-order valence-electron chi connectivity index (χ3n) is 4.68. The van der Waals surface area contributed by atoms with Crippen molar-refractivity contribution < 1.29 is 4.74 Å². The molecular formula is C17H29BrN2O. The van der Waals surface area contributed by atoms with Gasteiger partial charge in [-0.2, -0.15) is 0 Å². The van der Waals surface area contributed by atoms with Crippen LogP contribution in [0.15, 0.2) is 22.7 Å². The number of ether oxygens (including phenoxy) is 1. The third-order valence-corrected chi connectivity index (χ3v) is 5.18. The molecule has 0 radical (unpaired) electrons. The van der Waals surface area contributed by atoms with E-state index in [1.165, 1.54) is 0 Å².